The number of rotatable bonds is 8. The Morgan fingerprint density at radius 2 is 1.86 bits per heavy atom. The van der Waals surface area contributed by atoms with Crippen molar-refractivity contribution in [2.75, 3.05) is 29.2 Å². The Kier molecular flexibility index (Phi) is 6.39. The van der Waals surface area contributed by atoms with Gasteiger partial charge in [0.25, 0.3) is 5.22 Å². The number of methoxy groups -OCH3 is 1. The summed E-state index contributed by atoms with van der Waals surface area (Å²) in [6.07, 6.45) is 1.08. The van der Waals surface area contributed by atoms with Crippen LogP contribution < -0.4 is 14.8 Å². The summed E-state index contributed by atoms with van der Waals surface area (Å²) in [6, 6.07) is 13.6. The first-order chi connectivity index (χ1) is 13.8. The van der Waals surface area contributed by atoms with Crippen molar-refractivity contribution in [3.63, 3.8) is 0 Å². The molecule has 0 fully saturated rings. The minimum atomic E-state index is -3.34. The highest BCUT2D eigenvalue weighted by Crippen LogP contribution is 2.26. The van der Waals surface area contributed by atoms with E-state index in [9.17, 15) is 13.2 Å². The third-order valence-corrected chi connectivity index (χ3v) is 4.97. The maximum Gasteiger partial charge on any atom is 0.277 e. The normalized spacial score (nSPS) is 11.1. The molecule has 0 saturated heterocycles. The number of benzene rings is 2. The van der Waals surface area contributed by atoms with Gasteiger partial charge in [-0.1, -0.05) is 23.9 Å². The highest BCUT2D eigenvalue weighted by Gasteiger charge is 2.13. The van der Waals surface area contributed by atoms with Crippen molar-refractivity contribution >= 4 is 39.1 Å². The Balaban J connectivity index is 1.58. The van der Waals surface area contributed by atoms with Gasteiger partial charge in [0.05, 0.1) is 24.8 Å². The Morgan fingerprint density at radius 1 is 1.14 bits per heavy atom. The van der Waals surface area contributed by atoms with Crippen molar-refractivity contribution < 1.29 is 22.4 Å². The molecule has 0 aliphatic heterocycles. The molecular formula is C18H18N4O5S2. The van der Waals surface area contributed by atoms with Gasteiger partial charge in [-0.15, -0.1) is 10.2 Å². The number of anilines is 2. The first-order valence-electron chi connectivity index (χ1n) is 8.31. The SMILES string of the molecule is COc1ccccc1NC(=O)CSc1nnc(-c2ccc(NS(C)(=O)=O)cc2)o1. The number of nitrogens with zero attached hydrogens (tertiary/aromatic N) is 2. The van der Waals surface area contributed by atoms with E-state index in [0.29, 0.717) is 22.7 Å². The molecule has 3 rings (SSSR count). The van der Waals surface area contributed by atoms with Crippen molar-refractivity contribution in [1.82, 2.24) is 10.2 Å². The first-order valence-corrected chi connectivity index (χ1v) is 11.2. The zero-order chi connectivity index (χ0) is 20.9. The van der Waals surface area contributed by atoms with E-state index < -0.39 is 10.0 Å². The minimum Gasteiger partial charge on any atom is -0.495 e. The lowest BCUT2D eigenvalue weighted by molar-refractivity contribution is -0.113. The van der Waals surface area contributed by atoms with E-state index >= 15 is 0 Å². The highest BCUT2D eigenvalue weighted by molar-refractivity contribution is 7.99. The second kappa shape index (κ2) is 8.97. The number of amides is 1. The molecule has 9 nitrogen and oxygen atoms in total. The Morgan fingerprint density at radius 3 is 2.55 bits per heavy atom. The molecule has 2 aromatic carbocycles. The van der Waals surface area contributed by atoms with Gasteiger partial charge in [0.1, 0.15) is 5.75 Å². The monoisotopic (exact) mass is 434 g/mol. The van der Waals surface area contributed by atoms with Crippen LogP contribution in [0, 0.1) is 0 Å². The summed E-state index contributed by atoms with van der Waals surface area (Å²) in [5.41, 5.74) is 1.63. The van der Waals surface area contributed by atoms with Gasteiger partial charge in [-0.3, -0.25) is 9.52 Å². The summed E-state index contributed by atoms with van der Waals surface area (Å²) < 4.78 is 35.6. The van der Waals surface area contributed by atoms with Gasteiger partial charge in [0.2, 0.25) is 21.8 Å². The maximum atomic E-state index is 12.1. The van der Waals surface area contributed by atoms with Crippen LogP contribution in [0.15, 0.2) is 58.2 Å². The lowest BCUT2D eigenvalue weighted by Crippen LogP contribution is -2.14. The van der Waals surface area contributed by atoms with Gasteiger partial charge in [-0.2, -0.15) is 0 Å². The van der Waals surface area contributed by atoms with E-state index in [1.807, 2.05) is 6.07 Å². The summed E-state index contributed by atoms with van der Waals surface area (Å²) in [5.74, 6) is 0.676. The van der Waals surface area contributed by atoms with E-state index in [4.69, 9.17) is 9.15 Å². The molecular weight excluding hydrogens is 416 g/mol. The summed E-state index contributed by atoms with van der Waals surface area (Å²) in [6.45, 7) is 0. The molecule has 0 saturated carbocycles. The van der Waals surface area contributed by atoms with Crippen LogP contribution in [-0.4, -0.2) is 43.6 Å². The van der Waals surface area contributed by atoms with Gasteiger partial charge in [0, 0.05) is 11.3 Å². The van der Waals surface area contributed by atoms with Crippen LogP contribution in [0.5, 0.6) is 5.75 Å². The summed E-state index contributed by atoms with van der Waals surface area (Å²) in [5, 5.41) is 10.9. The molecule has 29 heavy (non-hydrogen) atoms. The van der Waals surface area contributed by atoms with Gasteiger partial charge in [-0.25, -0.2) is 8.42 Å². The van der Waals surface area contributed by atoms with Gasteiger partial charge in [0.15, 0.2) is 0 Å². The highest BCUT2D eigenvalue weighted by atomic mass is 32.2. The smallest absolute Gasteiger partial charge is 0.277 e. The van der Waals surface area contributed by atoms with E-state index in [1.165, 1.54) is 7.11 Å². The summed E-state index contributed by atoms with van der Waals surface area (Å²) in [4.78, 5) is 12.1. The second-order valence-electron chi connectivity index (χ2n) is 5.86. The van der Waals surface area contributed by atoms with E-state index in [2.05, 4.69) is 20.2 Å². The quantitative estimate of drug-likeness (QED) is 0.519. The van der Waals surface area contributed by atoms with Gasteiger partial charge >= 0.3 is 0 Å². The van der Waals surface area contributed by atoms with Crippen LogP contribution in [0.25, 0.3) is 11.5 Å². The van der Waals surface area contributed by atoms with Crippen LogP contribution in [-0.2, 0) is 14.8 Å². The van der Waals surface area contributed by atoms with E-state index in [0.717, 1.165) is 18.0 Å². The van der Waals surface area contributed by atoms with Gasteiger partial charge in [-0.05, 0) is 36.4 Å². The average Bonchev–Trinajstić information content (AvgIpc) is 3.15. The number of sulfonamides is 1. The number of para-hydroxylation sites is 2. The number of ether oxygens (including phenoxy) is 1. The van der Waals surface area contributed by atoms with Crippen LogP contribution in [0.2, 0.25) is 0 Å². The fourth-order valence-corrected chi connectivity index (χ4v) is 3.47. The van der Waals surface area contributed by atoms with Crippen molar-refractivity contribution in [2.24, 2.45) is 0 Å². The van der Waals surface area contributed by atoms with E-state index in [1.54, 1.807) is 42.5 Å². The fourth-order valence-electron chi connectivity index (χ4n) is 2.34. The van der Waals surface area contributed by atoms with Gasteiger partial charge < -0.3 is 14.5 Å². The average molecular weight is 434 g/mol. The Hall–Kier alpha value is -3.05. The number of carbonyl (C=O) groups is 1. The lowest BCUT2D eigenvalue weighted by atomic mass is 10.2. The van der Waals surface area contributed by atoms with Crippen LogP contribution in [0.3, 0.4) is 0 Å². The molecule has 0 atom stereocenters. The van der Waals surface area contributed by atoms with Crippen molar-refractivity contribution in [1.29, 1.82) is 0 Å². The molecule has 0 aliphatic carbocycles. The van der Waals surface area contributed by atoms with Crippen LogP contribution in [0.1, 0.15) is 0 Å². The number of carbonyl (C=O) groups excluding carboxylic acids is 1. The largest absolute Gasteiger partial charge is 0.495 e. The molecule has 1 amide bonds. The zero-order valence-corrected chi connectivity index (χ0v) is 17.2. The Labute approximate surface area is 171 Å². The van der Waals surface area contributed by atoms with Crippen molar-refractivity contribution in [3.8, 4) is 17.2 Å². The summed E-state index contributed by atoms with van der Waals surface area (Å²) >= 11 is 1.10. The molecule has 0 bridgehead atoms. The summed E-state index contributed by atoms with van der Waals surface area (Å²) in [7, 11) is -1.81. The van der Waals surface area contributed by atoms with Crippen molar-refractivity contribution in [3.05, 3.63) is 48.5 Å². The third-order valence-electron chi connectivity index (χ3n) is 3.55. The number of aromatic nitrogens is 2. The molecule has 1 aromatic heterocycles. The Bertz CT molecular complexity index is 1100. The minimum absolute atomic E-state index is 0.0803. The van der Waals surface area contributed by atoms with Crippen LogP contribution >= 0.6 is 11.8 Å². The first kappa shape index (κ1) is 20.7. The predicted molar refractivity (Wildman–Crippen MR) is 111 cm³/mol. The topological polar surface area (TPSA) is 123 Å². The molecule has 1 heterocycles. The second-order valence-corrected chi connectivity index (χ2v) is 8.54. The third kappa shape index (κ3) is 5.96. The molecule has 11 heteroatoms. The molecule has 0 unspecified atom stereocenters. The van der Waals surface area contributed by atoms with Crippen molar-refractivity contribution in [2.45, 2.75) is 5.22 Å². The number of thioether (sulfide) groups is 1. The maximum absolute atomic E-state index is 12.1. The molecule has 0 radical (unpaired) electrons. The molecule has 152 valence electrons. The lowest BCUT2D eigenvalue weighted by Gasteiger charge is -2.08. The van der Waals surface area contributed by atoms with E-state index in [-0.39, 0.29) is 22.8 Å². The number of hydrogen-bond acceptors (Lipinski definition) is 8. The molecule has 2 N–H and O–H groups in total. The zero-order valence-electron chi connectivity index (χ0n) is 15.6. The predicted octanol–water partition coefficient (Wildman–Crippen LogP) is 2.85. The number of nitrogens with one attached hydrogen (secondary N) is 2. The molecule has 0 aliphatic rings. The van der Waals surface area contributed by atoms with Crippen LogP contribution in [0.4, 0.5) is 11.4 Å². The molecule has 0 spiro atoms. The standard InChI is InChI=1S/C18H18N4O5S2/c1-26-15-6-4-3-5-14(15)19-16(23)11-28-18-21-20-17(27-18)12-7-9-13(10-8-12)22-29(2,24)25/h3-10,22H,11H2,1-2H3,(H,19,23). The fraction of sp³-hybridized carbons (Fsp3) is 0.167. The number of hydrogen-bond donors (Lipinski definition) is 2. The molecule has 3 aromatic rings.